The minimum atomic E-state index is -0.877. The Morgan fingerprint density at radius 3 is 2.57 bits per heavy atom. The van der Waals surface area contributed by atoms with Crippen LogP contribution in [0.1, 0.15) is 18.4 Å². The summed E-state index contributed by atoms with van der Waals surface area (Å²) in [4.78, 5) is 12.0. The molecule has 7 nitrogen and oxygen atoms in total. The van der Waals surface area contributed by atoms with Gasteiger partial charge in [-0.3, -0.25) is 0 Å². The number of aliphatic hydroxyl groups is 1. The minimum absolute atomic E-state index is 0.217. The van der Waals surface area contributed by atoms with Crippen molar-refractivity contribution < 1.29 is 19.4 Å². The number of methoxy groups -OCH3 is 2. The van der Waals surface area contributed by atoms with Crippen molar-refractivity contribution in [3.8, 4) is 11.5 Å². The quantitative estimate of drug-likeness (QED) is 0.616. The van der Waals surface area contributed by atoms with Gasteiger partial charge < -0.3 is 30.5 Å². The number of carbonyl (C=O) groups is 1. The number of piperidine rings is 1. The summed E-state index contributed by atoms with van der Waals surface area (Å²) in [6.45, 7) is 1.89. The molecular weight excluding hydrogens is 298 g/mol. The Kier molecular flexibility index (Phi) is 6.06. The zero-order valence-electron chi connectivity index (χ0n) is 13.6. The molecule has 7 heteroatoms. The second kappa shape index (κ2) is 8.03. The minimum Gasteiger partial charge on any atom is -0.496 e. The largest absolute Gasteiger partial charge is 0.496 e. The summed E-state index contributed by atoms with van der Waals surface area (Å²) in [5, 5.41) is 18.9. The van der Waals surface area contributed by atoms with Crippen molar-refractivity contribution in [3.63, 3.8) is 0 Å². The first kappa shape index (κ1) is 17.4. The van der Waals surface area contributed by atoms with E-state index in [0.717, 1.165) is 18.5 Å². The van der Waals surface area contributed by atoms with Crippen LogP contribution in [0.2, 0.25) is 0 Å². The van der Waals surface area contributed by atoms with E-state index in [1.54, 1.807) is 14.2 Å². The van der Waals surface area contributed by atoms with Crippen molar-refractivity contribution in [2.75, 3.05) is 33.9 Å². The van der Waals surface area contributed by atoms with E-state index in [2.05, 4.69) is 16.0 Å². The van der Waals surface area contributed by atoms with E-state index >= 15 is 0 Å². The van der Waals surface area contributed by atoms with Crippen LogP contribution < -0.4 is 25.4 Å². The molecule has 1 fully saturated rings. The number of benzene rings is 1. The van der Waals surface area contributed by atoms with Crippen LogP contribution in [0.5, 0.6) is 11.5 Å². The summed E-state index contributed by atoms with van der Waals surface area (Å²) in [5.41, 5.74) is -0.108. The average molecular weight is 323 g/mol. The summed E-state index contributed by atoms with van der Waals surface area (Å²) in [7, 11) is 3.15. The molecule has 1 aromatic carbocycles. The van der Waals surface area contributed by atoms with Crippen molar-refractivity contribution in [1.82, 2.24) is 16.0 Å². The van der Waals surface area contributed by atoms with Crippen LogP contribution in [-0.2, 0) is 6.54 Å². The van der Waals surface area contributed by atoms with Crippen LogP contribution >= 0.6 is 0 Å². The Hall–Kier alpha value is -1.99. The van der Waals surface area contributed by atoms with Crippen LogP contribution in [0.4, 0.5) is 4.79 Å². The van der Waals surface area contributed by atoms with Crippen LogP contribution in [0.3, 0.4) is 0 Å². The first-order valence-electron chi connectivity index (χ1n) is 7.72. The molecule has 128 valence electrons. The Balaban J connectivity index is 1.87. The fourth-order valence-corrected chi connectivity index (χ4v) is 2.68. The number of β-amino-alcohol motifs (C(OH)–C–C–N with tert-alkyl or cyclic N) is 1. The maximum absolute atomic E-state index is 12.0. The van der Waals surface area contributed by atoms with Gasteiger partial charge in [0.25, 0.3) is 0 Å². The summed E-state index contributed by atoms with van der Waals surface area (Å²) >= 11 is 0. The van der Waals surface area contributed by atoms with E-state index in [1.807, 2.05) is 18.2 Å². The van der Waals surface area contributed by atoms with E-state index in [-0.39, 0.29) is 19.1 Å². The smallest absolute Gasteiger partial charge is 0.315 e. The highest BCUT2D eigenvalue weighted by atomic mass is 16.5. The Bertz CT molecular complexity index is 508. The number of nitrogens with one attached hydrogen (secondary N) is 3. The van der Waals surface area contributed by atoms with Gasteiger partial charge in [-0.05, 0) is 31.5 Å². The highest BCUT2D eigenvalue weighted by Crippen LogP contribution is 2.27. The fourth-order valence-electron chi connectivity index (χ4n) is 2.68. The zero-order valence-corrected chi connectivity index (χ0v) is 13.6. The molecule has 1 aliphatic heterocycles. The lowest BCUT2D eigenvalue weighted by atomic mass is 9.94. The van der Waals surface area contributed by atoms with Crippen LogP contribution in [0, 0.1) is 0 Å². The van der Waals surface area contributed by atoms with Crippen molar-refractivity contribution in [2.45, 2.75) is 25.0 Å². The standard InChI is InChI=1S/C16H25N3O4/c1-22-13-5-3-6-14(23-2)12(13)9-18-15(20)19-11-16(21)7-4-8-17-10-16/h3,5-6,17,21H,4,7-11H2,1-2H3,(H2,18,19,20)/t16-/m0/s1. The molecule has 2 rings (SSSR count). The molecule has 2 amide bonds. The van der Waals surface area contributed by atoms with Gasteiger partial charge in [-0.15, -0.1) is 0 Å². The molecule has 1 atom stereocenters. The Labute approximate surface area is 136 Å². The molecule has 1 heterocycles. The summed E-state index contributed by atoms with van der Waals surface area (Å²) < 4.78 is 10.6. The van der Waals surface area contributed by atoms with Gasteiger partial charge in [0, 0.05) is 13.1 Å². The van der Waals surface area contributed by atoms with E-state index in [4.69, 9.17) is 9.47 Å². The monoisotopic (exact) mass is 323 g/mol. The number of carbonyl (C=O) groups excluding carboxylic acids is 1. The number of hydrogen-bond acceptors (Lipinski definition) is 5. The van der Waals surface area contributed by atoms with E-state index in [9.17, 15) is 9.90 Å². The number of rotatable bonds is 6. The number of hydrogen-bond donors (Lipinski definition) is 4. The topological polar surface area (TPSA) is 91.9 Å². The summed E-state index contributed by atoms with van der Waals surface area (Å²) in [6, 6.07) is 5.12. The highest BCUT2D eigenvalue weighted by Gasteiger charge is 2.29. The van der Waals surface area contributed by atoms with Gasteiger partial charge in [0.15, 0.2) is 0 Å². The average Bonchev–Trinajstić information content (AvgIpc) is 2.58. The maximum atomic E-state index is 12.0. The van der Waals surface area contributed by atoms with Crippen molar-refractivity contribution in [2.24, 2.45) is 0 Å². The Morgan fingerprint density at radius 1 is 1.30 bits per heavy atom. The number of urea groups is 1. The lowest BCUT2D eigenvalue weighted by Crippen LogP contribution is -2.54. The van der Waals surface area contributed by atoms with E-state index in [0.29, 0.717) is 24.5 Å². The molecule has 0 aromatic heterocycles. The SMILES string of the molecule is COc1cccc(OC)c1CNC(=O)NC[C@]1(O)CCCNC1. The summed E-state index contributed by atoms with van der Waals surface area (Å²) in [6.07, 6.45) is 1.58. The zero-order chi connectivity index (χ0) is 16.7. The molecule has 1 saturated heterocycles. The molecular formula is C16H25N3O4. The molecule has 23 heavy (non-hydrogen) atoms. The van der Waals surface area contributed by atoms with Gasteiger partial charge in [0.05, 0.1) is 31.9 Å². The van der Waals surface area contributed by atoms with Gasteiger partial charge >= 0.3 is 6.03 Å². The van der Waals surface area contributed by atoms with Gasteiger partial charge in [-0.2, -0.15) is 0 Å². The Morgan fingerprint density at radius 2 is 2.00 bits per heavy atom. The summed E-state index contributed by atoms with van der Waals surface area (Å²) in [5.74, 6) is 1.31. The highest BCUT2D eigenvalue weighted by molar-refractivity contribution is 5.74. The predicted molar refractivity (Wildman–Crippen MR) is 86.8 cm³/mol. The molecule has 0 spiro atoms. The third kappa shape index (κ3) is 4.74. The third-order valence-electron chi connectivity index (χ3n) is 3.98. The lowest BCUT2D eigenvalue weighted by Gasteiger charge is -2.32. The van der Waals surface area contributed by atoms with Crippen molar-refractivity contribution >= 4 is 6.03 Å². The molecule has 1 aromatic rings. The van der Waals surface area contributed by atoms with Crippen molar-refractivity contribution in [1.29, 1.82) is 0 Å². The molecule has 0 unspecified atom stereocenters. The van der Waals surface area contributed by atoms with Gasteiger partial charge in [-0.25, -0.2) is 4.79 Å². The third-order valence-corrected chi connectivity index (χ3v) is 3.98. The lowest BCUT2D eigenvalue weighted by molar-refractivity contribution is 0.0194. The molecule has 0 saturated carbocycles. The first-order valence-corrected chi connectivity index (χ1v) is 7.72. The molecule has 0 radical (unpaired) electrons. The molecule has 0 bridgehead atoms. The van der Waals surface area contributed by atoms with Gasteiger partial charge in [0.1, 0.15) is 11.5 Å². The maximum Gasteiger partial charge on any atom is 0.315 e. The molecule has 0 aliphatic carbocycles. The predicted octanol–water partition coefficient (Wildman–Crippen LogP) is 0.617. The normalized spacial score (nSPS) is 20.7. The number of amides is 2. The molecule has 4 N–H and O–H groups in total. The molecule has 1 aliphatic rings. The van der Waals surface area contributed by atoms with Crippen LogP contribution in [0.15, 0.2) is 18.2 Å². The van der Waals surface area contributed by atoms with Gasteiger partial charge in [0.2, 0.25) is 0 Å². The van der Waals surface area contributed by atoms with E-state index < -0.39 is 5.60 Å². The van der Waals surface area contributed by atoms with Crippen molar-refractivity contribution in [3.05, 3.63) is 23.8 Å². The fraction of sp³-hybridized carbons (Fsp3) is 0.562. The second-order valence-corrected chi connectivity index (χ2v) is 5.68. The first-order chi connectivity index (χ1) is 11.1. The van der Waals surface area contributed by atoms with Crippen LogP contribution in [-0.4, -0.2) is 50.6 Å². The van der Waals surface area contributed by atoms with E-state index in [1.165, 1.54) is 0 Å². The van der Waals surface area contributed by atoms with Crippen LogP contribution in [0.25, 0.3) is 0 Å². The second-order valence-electron chi connectivity index (χ2n) is 5.68. The van der Waals surface area contributed by atoms with Gasteiger partial charge in [-0.1, -0.05) is 6.07 Å². The number of ether oxygens (including phenoxy) is 2.